The Morgan fingerprint density at radius 2 is 1.90 bits per heavy atom. The molecule has 0 aliphatic carbocycles. The molecule has 3 rings (SSSR count). The molecule has 2 aromatic heterocycles. The van der Waals surface area contributed by atoms with Gasteiger partial charge in [-0.1, -0.05) is 18.2 Å². The van der Waals surface area contributed by atoms with Gasteiger partial charge in [-0.15, -0.1) is 22.7 Å². The van der Waals surface area contributed by atoms with Crippen LogP contribution in [0.4, 0.5) is 0 Å². The zero-order valence-corrected chi connectivity index (χ0v) is 13.5. The van der Waals surface area contributed by atoms with Crippen LogP contribution in [-0.4, -0.2) is 4.98 Å². The second-order valence-corrected chi connectivity index (χ2v) is 7.49. The molecule has 1 N–H and O–H groups in total. The third-order valence-corrected chi connectivity index (χ3v) is 5.78. The highest BCUT2D eigenvalue weighted by Gasteiger charge is 2.15. The van der Waals surface area contributed by atoms with Crippen molar-refractivity contribution in [3.05, 3.63) is 51.3 Å². The molecule has 2 atom stereocenters. The Labute approximate surface area is 127 Å². The number of thiophene rings is 1. The largest absolute Gasteiger partial charge is 0.301 e. The van der Waals surface area contributed by atoms with E-state index in [0.717, 1.165) is 5.01 Å². The van der Waals surface area contributed by atoms with Crippen LogP contribution in [0.15, 0.2) is 36.5 Å². The lowest BCUT2D eigenvalue weighted by Gasteiger charge is -2.17. The molecule has 104 valence electrons. The number of benzene rings is 1. The van der Waals surface area contributed by atoms with Gasteiger partial charge in [0.1, 0.15) is 5.01 Å². The van der Waals surface area contributed by atoms with E-state index >= 15 is 0 Å². The number of hydrogen-bond donors (Lipinski definition) is 1. The first-order valence-corrected chi connectivity index (χ1v) is 8.43. The Morgan fingerprint density at radius 3 is 2.60 bits per heavy atom. The van der Waals surface area contributed by atoms with E-state index in [-0.39, 0.29) is 6.04 Å². The molecule has 0 bridgehead atoms. The van der Waals surface area contributed by atoms with Crippen molar-refractivity contribution in [1.82, 2.24) is 10.3 Å². The average molecular weight is 302 g/mol. The van der Waals surface area contributed by atoms with Gasteiger partial charge in [0.05, 0.1) is 6.04 Å². The van der Waals surface area contributed by atoms with Crippen LogP contribution in [0.1, 0.15) is 40.7 Å². The van der Waals surface area contributed by atoms with E-state index in [1.54, 1.807) is 11.3 Å². The number of nitrogens with one attached hydrogen (secondary N) is 1. The molecule has 0 aliphatic rings. The van der Waals surface area contributed by atoms with Gasteiger partial charge in [0.2, 0.25) is 0 Å². The molecule has 2 unspecified atom stereocenters. The molecule has 0 saturated heterocycles. The minimum atomic E-state index is 0.286. The first-order chi connectivity index (χ1) is 9.63. The molecule has 2 heterocycles. The van der Waals surface area contributed by atoms with E-state index in [9.17, 15) is 0 Å². The Balaban J connectivity index is 1.76. The third kappa shape index (κ3) is 2.77. The number of hydrogen-bond acceptors (Lipinski definition) is 4. The molecule has 0 radical (unpaired) electrons. The van der Waals surface area contributed by atoms with E-state index < -0.39 is 0 Å². The second kappa shape index (κ2) is 5.64. The van der Waals surface area contributed by atoms with E-state index in [2.05, 4.69) is 61.4 Å². The zero-order valence-electron chi connectivity index (χ0n) is 11.9. The molecule has 4 heteroatoms. The number of aromatic nitrogens is 1. The molecule has 0 amide bonds. The standard InChI is InChI=1S/C16H18N2S2/c1-10-9-17-16(19-10)12(3)18-11(2)15-8-13-6-4-5-7-14(13)20-15/h4-9,11-12,18H,1-3H3. The smallest absolute Gasteiger partial charge is 0.109 e. The predicted octanol–water partition coefficient (Wildman–Crippen LogP) is 5.08. The first kappa shape index (κ1) is 13.7. The third-order valence-electron chi connectivity index (χ3n) is 3.38. The minimum absolute atomic E-state index is 0.286. The van der Waals surface area contributed by atoms with E-state index in [4.69, 9.17) is 0 Å². The van der Waals surface area contributed by atoms with E-state index in [0.29, 0.717) is 6.04 Å². The summed E-state index contributed by atoms with van der Waals surface area (Å²) in [4.78, 5) is 7.11. The Hall–Kier alpha value is -1.23. The summed E-state index contributed by atoms with van der Waals surface area (Å²) in [5.41, 5.74) is 0. The SMILES string of the molecule is Cc1cnc(C(C)NC(C)c2cc3ccccc3s2)s1. The summed E-state index contributed by atoms with van der Waals surface area (Å²) in [7, 11) is 0. The molecule has 0 fully saturated rings. The summed E-state index contributed by atoms with van der Waals surface area (Å²) in [5.74, 6) is 0. The van der Waals surface area contributed by atoms with Crippen molar-refractivity contribution in [1.29, 1.82) is 0 Å². The van der Waals surface area contributed by atoms with Crippen LogP contribution in [0, 0.1) is 6.92 Å². The summed E-state index contributed by atoms with van der Waals surface area (Å²) in [6, 6.07) is 11.5. The van der Waals surface area contributed by atoms with Crippen molar-refractivity contribution in [2.75, 3.05) is 0 Å². The van der Waals surface area contributed by atoms with Crippen molar-refractivity contribution in [3.8, 4) is 0 Å². The molecular formula is C16H18N2S2. The number of nitrogens with zero attached hydrogens (tertiary/aromatic N) is 1. The van der Waals surface area contributed by atoms with Crippen LogP contribution < -0.4 is 5.32 Å². The summed E-state index contributed by atoms with van der Waals surface area (Å²) in [5, 5.41) is 6.14. The second-order valence-electron chi connectivity index (χ2n) is 5.11. The van der Waals surface area contributed by atoms with Crippen molar-refractivity contribution in [2.24, 2.45) is 0 Å². The fourth-order valence-corrected chi connectivity index (χ4v) is 4.18. The summed E-state index contributed by atoms with van der Waals surface area (Å²) in [6.45, 7) is 6.51. The van der Waals surface area contributed by atoms with Crippen molar-refractivity contribution >= 4 is 32.8 Å². The molecule has 20 heavy (non-hydrogen) atoms. The normalized spacial score (nSPS) is 14.6. The molecule has 0 saturated carbocycles. The van der Waals surface area contributed by atoms with Gasteiger partial charge in [0.25, 0.3) is 0 Å². The van der Waals surface area contributed by atoms with Crippen LogP contribution in [0.25, 0.3) is 10.1 Å². The van der Waals surface area contributed by atoms with Gasteiger partial charge >= 0.3 is 0 Å². The molecule has 0 spiro atoms. The maximum Gasteiger partial charge on any atom is 0.109 e. The number of rotatable bonds is 4. The highest BCUT2D eigenvalue weighted by atomic mass is 32.1. The van der Waals surface area contributed by atoms with Crippen molar-refractivity contribution in [3.63, 3.8) is 0 Å². The van der Waals surface area contributed by atoms with Crippen molar-refractivity contribution in [2.45, 2.75) is 32.9 Å². The fraction of sp³-hybridized carbons (Fsp3) is 0.312. The molecule has 2 nitrogen and oxygen atoms in total. The van der Waals surface area contributed by atoms with Crippen LogP contribution in [0.2, 0.25) is 0 Å². The summed E-state index contributed by atoms with van der Waals surface area (Å²) < 4.78 is 1.36. The van der Waals surface area contributed by atoms with Crippen LogP contribution in [0.3, 0.4) is 0 Å². The average Bonchev–Trinajstić information content (AvgIpc) is 3.04. The molecular weight excluding hydrogens is 284 g/mol. The predicted molar refractivity (Wildman–Crippen MR) is 88.6 cm³/mol. The molecule has 3 aromatic rings. The maximum atomic E-state index is 4.46. The van der Waals surface area contributed by atoms with Gasteiger partial charge in [-0.25, -0.2) is 4.98 Å². The van der Waals surface area contributed by atoms with Crippen molar-refractivity contribution < 1.29 is 0 Å². The molecule has 0 aliphatic heterocycles. The van der Waals surface area contributed by atoms with Crippen LogP contribution in [0.5, 0.6) is 0 Å². The number of aryl methyl sites for hydroxylation is 1. The topological polar surface area (TPSA) is 24.9 Å². The number of fused-ring (bicyclic) bond motifs is 1. The van der Waals surface area contributed by atoms with E-state index in [1.807, 2.05) is 17.5 Å². The Kier molecular flexibility index (Phi) is 3.87. The van der Waals surface area contributed by atoms with E-state index in [1.165, 1.54) is 19.8 Å². The first-order valence-electron chi connectivity index (χ1n) is 6.80. The lowest BCUT2D eigenvalue weighted by Crippen LogP contribution is -2.21. The lowest BCUT2D eigenvalue weighted by molar-refractivity contribution is 0.498. The van der Waals surface area contributed by atoms with Gasteiger partial charge in [-0.05, 0) is 38.3 Å². The zero-order chi connectivity index (χ0) is 14.1. The highest BCUT2D eigenvalue weighted by Crippen LogP contribution is 2.31. The van der Waals surface area contributed by atoms with Gasteiger partial charge < -0.3 is 5.32 Å². The lowest BCUT2D eigenvalue weighted by atomic mass is 10.2. The minimum Gasteiger partial charge on any atom is -0.301 e. The fourth-order valence-electron chi connectivity index (χ4n) is 2.32. The van der Waals surface area contributed by atoms with Gasteiger partial charge in [0.15, 0.2) is 0 Å². The highest BCUT2D eigenvalue weighted by molar-refractivity contribution is 7.19. The summed E-state index contributed by atoms with van der Waals surface area (Å²) >= 11 is 3.64. The van der Waals surface area contributed by atoms with Gasteiger partial charge in [-0.2, -0.15) is 0 Å². The maximum absolute atomic E-state index is 4.46. The van der Waals surface area contributed by atoms with Crippen LogP contribution >= 0.6 is 22.7 Å². The Bertz CT molecular complexity index is 681. The monoisotopic (exact) mass is 302 g/mol. The quantitative estimate of drug-likeness (QED) is 0.727. The summed E-state index contributed by atoms with van der Waals surface area (Å²) in [6.07, 6.45) is 1.95. The van der Waals surface area contributed by atoms with Gasteiger partial charge in [0, 0.05) is 26.7 Å². The number of thiazole rings is 1. The van der Waals surface area contributed by atoms with Gasteiger partial charge in [-0.3, -0.25) is 0 Å². The van der Waals surface area contributed by atoms with Crippen LogP contribution in [-0.2, 0) is 0 Å². The Morgan fingerprint density at radius 1 is 1.10 bits per heavy atom. The molecule has 1 aromatic carbocycles.